The minimum Gasteiger partial charge on any atom is -0.312 e. The van der Waals surface area contributed by atoms with E-state index in [-0.39, 0.29) is 16.1 Å². The van der Waals surface area contributed by atoms with Crippen molar-refractivity contribution in [3.05, 3.63) is 75.9 Å². The lowest BCUT2D eigenvalue weighted by Gasteiger charge is -2.12. The summed E-state index contributed by atoms with van der Waals surface area (Å²) in [4.78, 5) is 13.6. The van der Waals surface area contributed by atoms with Gasteiger partial charge >= 0.3 is 0 Å². The van der Waals surface area contributed by atoms with E-state index in [9.17, 15) is 22.9 Å². The van der Waals surface area contributed by atoms with E-state index in [1.807, 2.05) is 6.92 Å². The largest absolute Gasteiger partial charge is 0.312 e. The number of aryl methyl sites for hydroxylation is 1. The lowest BCUT2D eigenvalue weighted by atomic mass is 10.1. The van der Waals surface area contributed by atoms with E-state index in [1.54, 1.807) is 19.1 Å². The highest BCUT2D eigenvalue weighted by atomic mass is 32.2. The van der Waals surface area contributed by atoms with Crippen LogP contribution in [0.3, 0.4) is 0 Å². The number of thiophene rings is 1. The van der Waals surface area contributed by atoms with Crippen molar-refractivity contribution in [1.29, 1.82) is 5.26 Å². The van der Waals surface area contributed by atoms with Crippen LogP contribution in [-0.4, -0.2) is 14.3 Å². The molecule has 1 aromatic heterocycles. The Balaban J connectivity index is 1.91. The van der Waals surface area contributed by atoms with E-state index in [4.69, 9.17) is 0 Å². The Labute approximate surface area is 171 Å². The van der Waals surface area contributed by atoms with E-state index in [0.717, 1.165) is 34.7 Å². The van der Waals surface area contributed by atoms with Gasteiger partial charge in [-0.25, -0.2) is 12.8 Å². The molecule has 1 heterocycles. The molecule has 148 valence electrons. The van der Waals surface area contributed by atoms with Crippen LogP contribution in [0.2, 0.25) is 0 Å². The first-order valence-corrected chi connectivity index (χ1v) is 10.7. The topological polar surface area (TPSA) is 99.1 Å². The molecule has 3 aromatic rings. The van der Waals surface area contributed by atoms with Crippen LogP contribution >= 0.6 is 11.3 Å². The summed E-state index contributed by atoms with van der Waals surface area (Å²) in [6.45, 7) is 3.64. The SMILES string of the molecule is Cc1sc(NC(=O)c2ccccc2NS(=O)(=O)c2ccc(F)cc2)c(C#N)c1C. The Kier molecular flexibility index (Phi) is 5.68. The van der Waals surface area contributed by atoms with Gasteiger partial charge in [0, 0.05) is 4.88 Å². The Morgan fingerprint density at radius 2 is 1.76 bits per heavy atom. The Morgan fingerprint density at radius 3 is 2.41 bits per heavy atom. The molecule has 0 saturated carbocycles. The summed E-state index contributed by atoms with van der Waals surface area (Å²) >= 11 is 1.28. The maximum absolute atomic E-state index is 13.1. The fraction of sp³-hybridized carbons (Fsp3) is 0.100. The number of nitrogens with zero attached hydrogens (tertiary/aromatic N) is 1. The average molecular weight is 429 g/mol. The fourth-order valence-corrected chi connectivity index (χ4v) is 4.69. The van der Waals surface area contributed by atoms with Crippen LogP contribution in [0, 0.1) is 31.0 Å². The van der Waals surface area contributed by atoms with Gasteiger partial charge in [0.15, 0.2) is 0 Å². The number of nitriles is 1. The third kappa shape index (κ3) is 4.29. The number of anilines is 2. The average Bonchev–Trinajstić information content (AvgIpc) is 2.95. The molecule has 0 aliphatic carbocycles. The van der Waals surface area contributed by atoms with Crippen molar-refractivity contribution >= 4 is 38.0 Å². The molecule has 0 bridgehead atoms. The van der Waals surface area contributed by atoms with E-state index >= 15 is 0 Å². The highest BCUT2D eigenvalue weighted by Crippen LogP contribution is 2.32. The second kappa shape index (κ2) is 8.03. The smallest absolute Gasteiger partial charge is 0.261 e. The highest BCUT2D eigenvalue weighted by Gasteiger charge is 2.21. The molecular formula is C20H16FN3O3S2. The van der Waals surface area contributed by atoms with Gasteiger partial charge in [0.25, 0.3) is 15.9 Å². The first-order chi connectivity index (χ1) is 13.7. The Hall–Kier alpha value is -3.22. The van der Waals surface area contributed by atoms with Gasteiger partial charge in [-0.3, -0.25) is 9.52 Å². The van der Waals surface area contributed by atoms with E-state index in [2.05, 4.69) is 16.1 Å². The molecule has 0 fully saturated rings. The lowest BCUT2D eigenvalue weighted by molar-refractivity contribution is 0.102. The van der Waals surface area contributed by atoms with Gasteiger partial charge in [0.2, 0.25) is 0 Å². The van der Waals surface area contributed by atoms with Crippen molar-refractivity contribution in [2.75, 3.05) is 10.0 Å². The summed E-state index contributed by atoms with van der Waals surface area (Å²) in [5, 5.41) is 12.4. The van der Waals surface area contributed by atoms with Crippen molar-refractivity contribution in [3.8, 4) is 6.07 Å². The van der Waals surface area contributed by atoms with Crippen molar-refractivity contribution in [2.45, 2.75) is 18.7 Å². The number of carbonyl (C=O) groups is 1. The molecule has 0 unspecified atom stereocenters. The molecule has 9 heteroatoms. The number of rotatable bonds is 5. The Morgan fingerprint density at radius 1 is 1.10 bits per heavy atom. The molecule has 2 N–H and O–H groups in total. The van der Waals surface area contributed by atoms with E-state index in [1.165, 1.54) is 23.5 Å². The van der Waals surface area contributed by atoms with E-state index in [0.29, 0.717) is 10.6 Å². The number of hydrogen-bond acceptors (Lipinski definition) is 5. The summed E-state index contributed by atoms with van der Waals surface area (Å²) in [5.74, 6) is -1.11. The van der Waals surface area contributed by atoms with Crippen molar-refractivity contribution < 1.29 is 17.6 Å². The third-order valence-electron chi connectivity index (χ3n) is 4.26. The van der Waals surface area contributed by atoms with Gasteiger partial charge in [0.1, 0.15) is 16.9 Å². The molecule has 0 spiro atoms. The monoisotopic (exact) mass is 429 g/mol. The molecule has 1 amide bonds. The number of hydrogen-bond donors (Lipinski definition) is 2. The first-order valence-electron chi connectivity index (χ1n) is 8.42. The quantitative estimate of drug-likeness (QED) is 0.627. The molecule has 0 atom stereocenters. The van der Waals surface area contributed by atoms with Gasteiger partial charge in [-0.05, 0) is 55.8 Å². The number of halogens is 1. The fourth-order valence-electron chi connectivity index (χ4n) is 2.61. The predicted molar refractivity (Wildman–Crippen MR) is 110 cm³/mol. The zero-order valence-electron chi connectivity index (χ0n) is 15.5. The predicted octanol–water partition coefficient (Wildman–Crippen LogP) is 4.43. The normalized spacial score (nSPS) is 11.0. The van der Waals surface area contributed by atoms with Gasteiger partial charge < -0.3 is 5.32 Å². The molecule has 3 rings (SSSR count). The van der Waals surface area contributed by atoms with Gasteiger partial charge in [-0.1, -0.05) is 12.1 Å². The summed E-state index contributed by atoms with van der Waals surface area (Å²) in [6, 6.07) is 12.5. The van der Waals surface area contributed by atoms with Crippen LogP contribution in [0.25, 0.3) is 0 Å². The number of sulfonamides is 1. The molecule has 29 heavy (non-hydrogen) atoms. The standard InChI is InChI=1S/C20H16FN3O3S2/c1-12-13(2)28-20(17(12)11-22)23-19(25)16-5-3-4-6-18(16)24-29(26,27)15-9-7-14(21)8-10-15/h3-10,24H,1-2H3,(H,23,25). The molecule has 6 nitrogen and oxygen atoms in total. The number of amides is 1. The number of carbonyl (C=O) groups excluding carboxylic acids is 1. The van der Waals surface area contributed by atoms with Crippen molar-refractivity contribution in [2.24, 2.45) is 0 Å². The van der Waals surface area contributed by atoms with Gasteiger partial charge in [-0.15, -0.1) is 11.3 Å². The van der Waals surface area contributed by atoms with Crippen molar-refractivity contribution in [3.63, 3.8) is 0 Å². The maximum Gasteiger partial charge on any atom is 0.261 e. The van der Waals surface area contributed by atoms with Crippen LogP contribution in [0.4, 0.5) is 15.1 Å². The summed E-state index contributed by atoms with van der Waals surface area (Å²) in [7, 11) is -4.02. The molecule has 0 aliphatic rings. The highest BCUT2D eigenvalue weighted by molar-refractivity contribution is 7.92. The van der Waals surface area contributed by atoms with Crippen LogP contribution in [0.15, 0.2) is 53.4 Å². The molecule has 0 radical (unpaired) electrons. The van der Waals surface area contributed by atoms with Gasteiger partial charge in [-0.2, -0.15) is 5.26 Å². The maximum atomic E-state index is 13.1. The second-order valence-corrected chi connectivity index (χ2v) is 9.07. The first kappa shape index (κ1) is 20.5. The summed E-state index contributed by atoms with van der Waals surface area (Å²) in [6.07, 6.45) is 0. The zero-order chi connectivity index (χ0) is 21.2. The molecule has 0 saturated heterocycles. The number of nitrogens with one attached hydrogen (secondary N) is 2. The second-order valence-electron chi connectivity index (χ2n) is 6.16. The van der Waals surface area contributed by atoms with Crippen LogP contribution < -0.4 is 10.0 Å². The summed E-state index contributed by atoms with van der Waals surface area (Å²) in [5.41, 5.74) is 1.33. The van der Waals surface area contributed by atoms with Crippen molar-refractivity contribution in [1.82, 2.24) is 0 Å². The van der Waals surface area contributed by atoms with Crippen LogP contribution in [-0.2, 0) is 10.0 Å². The summed E-state index contributed by atoms with van der Waals surface area (Å²) < 4.78 is 40.6. The molecule has 2 aromatic carbocycles. The van der Waals surface area contributed by atoms with Crippen LogP contribution in [0.1, 0.15) is 26.4 Å². The van der Waals surface area contributed by atoms with Crippen LogP contribution in [0.5, 0.6) is 0 Å². The number of para-hydroxylation sites is 1. The Bertz CT molecular complexity index is 1230. The third-order valence-corrected chi connectivity index (χ3v) is 6.77. The van der Waals surface area contributed by atoms with E-state index < -0.39 is 21.7 Å². The lowest BCUT2D eigenvalue weighted by Crippen LogP contribution is -2.18. The van der Waals surface area contributed by atoms with Gasteiger partial charge in [0.05, 0.1) is 21.7 Å². The minimum absolute atomic E-state index is 0.0674. The zero-order valence-corrected chi connectivity index (χ0v) is 17.1. The molecule has 0 aliphatic heterocycles. The minimum atomic E-state index is -4.02. The molecular weight excluding hydrogens is 413 g/mol. The number of benzene rings is 2.